The molecule has 0 radical (unpaired) electrons. The topological polar surface area (TPSA) is 62.5 Å². The smallest absolute Gasteiger partial charge is 0.323 e. The normalized spacial score (nSPS) is 12.2. The Balaban J connectivity index is 3.02. The van der Waals surface area contributed by atoms with Gasteiger partial charge >= 0.3 is 5.97 Å². The van der Waals surface area contributed by atoms with Crippen LogP contribution in [0.15, 0.2) is 16.7 Å². The number of hydrogen-bond acceptors (Lipinski definition) is 2. The van der Waals surface area contributed by atoms with Crippen LogP contribution >= 0.6 is 15.9 Å². The highest BCUT2D eigenvalue weighted by molar-refractivity contribution is 9.10. The summed E-state index contributed by atoms with van der Waals surface area (Å²) in [6.07, 6.45) is 2.48. The van der Waals surface area contributed by atoms with Crippen molar-refractivity contribution >= 4 is 27.8 Å². The Morgan fingerprint density at radius 3 is 2.56 bits per heavy atom. The van der Waals surface area contributed by atoms with Gasteiger partial charge in [0, 0.05) is 23.8 Å². The molecule has 1 atom stereocenters. The zero-order valence-corrected chi connectivity index (χ0v) is 12.3. The lowest BCUT2D eigenvalue weighted by Crippen LogP contribution is -2.42. The predicted octanol–water partition coefficient (Wildman–Crippen LogP) is 2.11. The van der Waals surface area contributed by atoms with Crippen LogP contribution in [0.25, 0.3) is 0 Å². The molecular weight excluding hydrogens is 300 g/mol. The first-order valence-corrected chi connectivity index (χ1v) is 6.50. The van der Waals surface area contributed by atoms with Crippen LogP contribution in [0, 0.1) is 0 Å². The standard InChI is InChI=1S/C12H17BrN2O3/c1-4-8(2)15(7-11(16)17)12(18)10-5-9(13)6-14(10)3/h5-6,8H,4,7H2,1-3H3,(H,16,17). The number of carbonyl (C=O) groups excluding carboxylic acids is 1. The van der Waals surface area contributed by atoms with Gasteiger partial charge in [-0.15, -0.1) is 0 Å². The van der Waals surface area contributed by atoms with E-state index in [1.165, 1.54) is 4.90 Å². The number of aryl methyl sites for hydroxylation is 1. The van der Waals surface area contributed by atoms with E-state index in [9.17, 15) is 9.59 Å². The van der Waals surface area contributed by atoms with E-state index in [0.717, 1.165) is 4.47 Å². The van der Waals surface area contributed by atoms with Crippen LogP contribution in [0.3, 0.4) is 0 Å². The van der Waals surface area contributed by atoms with E-state index in [4.69, 9.17) is 5.11 Å². The van der Waals surface area contributed by atoms with Gasteiger partial charge in [0.05, 0.1) is 0 Å². The first kappa shape index (κ1) is 14.8. The van der Waals surface area contributed by atoms with Gasteiger partial charge in [-0.1, -0.05) is 6.92 Å². The Morgan fingerprint density at radius 1 is 1.56 bits per heavy atom. The van der Waals surface area contributed by atoms with Crippen molar-refractivity contribution < 1.29 is 14.7 Å². The molecule has 5 nitrogen and oxygen atoms in total. The summed E-state index contributed by atoms with van der Waals surface area (Å²) < 4.78 is 2.48. The van der Waals surface area contributed by atoms with Gasteiger partial charge in [-0.05, 0) is 35.3 Å². The summed E-state index contributed by atoms with van der Waals surface area (Å²) in [6.45, 7) is 3.49. The average molecular weight is 317 g/mol. The molecule has 0 bridgehead atoms. The number of carbonyl (C=O) groups is 2. The second-order valence-corrected chi connectivity index (χ2v) is 5.15. The molecule has 1 aromatic heterocycles. The van der Waals surface area contributed by atoms with Crippen LogP contribution in [-0.2, 0) is 11.8 Å². The molecule has 1 heterocycles. The van der Waals surface area contributed by atoms with Crippen molar-refractivity contribution in [3.05, 3.63) is 22.4 Å². The predicted molar refractivity (Wildman–Crippen MR) is 71.5 cm³/mol. The molecule has 0 saturated heterocycles. The minimum Gasteiger partial charge on any atom is -0.480 e. The zero-order chi connectivity index (χ0) is 13.9. The molecule has 0 saturated carbocycles. The largest absolute Gasteiger partial charge is 0.480 e. The maximum Gasteiger partial charge on any atom is 0.323 e. The fourth-order valence-corrected chi connectivity index (χ4v) is 2.20. The molecule has 0 aliphatic carbocycles. The lowest BCUT2D eigenvalue weighted by Gasteiger charge is -2.27. The van der Waals surface area contributed by atoms with Crippen molar-refractivity contribution in [1.82, 2.24) is 9.47 Å². The summed E-state index contributed by atoms with van der Waals surface area (Å²) in [5, 5.41) is 8.89. The van der Waals surface area contributed by atoms with Crippen LogP contribution in [0.2, 0.25) is 0 Å². The second kappa shape index (κ2) is 6.04. The molecular formula is C12H17BrN2O3. The van der Waals surface area contributed by atoms with Crippen LogP contribution in [0.1, 0.15) is 30.8 Å². The molecule has 0 aliphatic heterocycles. The van der Waals surface area contributed by atoms with Crippen LogP contribution in [0.4, 0.5) is 0 Å². The SMILES string of the molecule is CCC(C)N(CC(=O)O)C(=O)c1cc(Br)cn1C. The number of aromatic nitrogens is 1. The fourth-order valence-electron chi connectivity index (χ4n) is 1.68. The van der Waals surface area contributed by atoms with E-state index in [1.54, 1.807) is 23.9 Å². The van der Waals surface area contributed by atoms with Gasteiger partial charge in [-0.3, -0.25) is 9.59 Å². The van der Waals surface area contributed by atoms with E-state index < -0.39 is 5.97 Å². The molecule has 0 spiro atoms. The monoisotopic (exact) mass is 316 g/mol. The minimum atomic E-state index is -1.00. The van der Waals surface area contributed by atoms with Gasteiger partial charge < -0.3 is 14.6 Å². The molecule has 6 heteroatoms. The molecule has 18 heavy (non-hydrogen) atoms. The summed E-state index contributed by atoms with van der Waals surface area (Å²) in [5.41, 5.74) is 0.475. The maximum absolute atomic E-state index is 12.3. The van der Waals surface area contributed by atoms with E-state index in [2.05, 4.69) is 15.9 Å². The number of halogens is 1. The van der Waals surface area contributed by atoms with E-state index in [1.807, 2.05) is 13.8 Å². The van der Waals surface area contributed by atoms with Crippen LogP contribution in [-0.4, -0.2) is 39.0 Å². The summed E-state index contributed by atoms with van der Waals surface area (Å²) in [5.74, 6) is -1.27. The highest BCUT2D eigenvalue weighted by Gasteiger charge is 2.24. The van der Waals surface area contributed by atoms with Crippen molar-refractivity contribution in [2.24, 2.45) is 7.05 Å². The van der Waals surface area contributed by atoms with Crippen molar-refractivity contribution in [3.8, 4) is 0 Å². The second-order valence-electron chi connectivity index (χ2n) is 4.24. The quantitative estimate of drug-likeness (QED) is 0.905. The third-order valence-electron chi connectivity index (χ3n) is 2.88. The van der Waals surface area contributed by atoms with Gasteiger partial charge in [-0.2, -0.15) is 0 Å². The molecule has 0 fully saturated rings. The number of rotatable bonds is 5. The number of amides is 1. The van der Waals surface area contributed by atoms with Crippen molar-refractivity contribution in [1.29, 1.82) is 0 Å². The van der Waals surface area contributed by atoms with Crippen LogP contribution in [0.5, 0.6) is 0 Å². The van der Waals surface area contributed by atoms with Gasteiger partial charge in [0.15, 0.2) is 0 Å². The Kier molecular flexibility index (Phi) is 4.95. The number of hydrogen-bond donors (Lipinski definition) is 1. The minimum absolute atomic E-state index is 0.109. The molecule has 1 unspecified atom stereocenters. The fraction of sp³-hybridized carbons (Fsp3) is 0.500. The number of aliphatic carboxylic acids is 1. The third kappa shape index (κ3) is 3.35. The van der Waals surface area contributed by atoms with Gasteiger partial charge in [0.1, 0.15) is 12.2 Å². The van der Waals surface area contributed by atoms with Crippen molar-refractivity contribution in [2.45, 2.75) is 26.3 Å². The van der Waals surface area contributed by atoms with Crippen LogP contribution < -0.4 is 0 Å². The maximum atomic E-state index is 12.3. The molecule has 1 N–H and O–H groups in total. The lowest BCUT2D eigenvalue weighted by atomic mass is 10.2. The Morgan fingerprint density at radius 2 is 2.17 bits per heavy atom. The summed E-state index contributed by atoms with van der Waals surface area (Å²) >= 11 is 3.30. The molecule has 100 valence electrons. The van der Waals surface area contributed by atoms with Gasteiger partial charge in [0.2, 0.25) is 0 Å². The number of carboxylic acids is 1. The number of nitrogens with zero attached hydrogens (tertiary/aromatic N) is 2. The van der Waals surface area contributed by atoms with Gasteiger partial charge in [0.25, 0.3) is 5.91 Å². The average Bonchev–Trinajstić information content (AvgIpc) is 2.63. The van der Waals surface area contributed by atoms with Crippen molar-refractivity contribution in [2.75, 3.05) is 6.54 Å². The molecule has 1 rings (SSSR count). The first-order valence-electron chi connectivity index (χ1n) is 5.71. The van der Waals surface area contributed by atoms with E-state index in [0.29, 0.717) is 12.1 Å². The lowest BCUT2D eigenvalue weighted by molar-refractivity contribution is -0.138. The summed E-state index contributed by atoms with van der Waals surface area (Å²) in [7, 11) is 1.76. The highest BCUT2D eigenvalue weighted by atomic mass is 79.9. The Labute approximate surface area is 115 Å². The van der Waals surface area contributed by atoms with Gasteiger partial charge in [-0.25, -0.2) is 0 Å². The Hall–Kier alpha value is -1.30. The highest BCUT2D eigenvalue weighted by Crippen LogP contribution is 2.17. The summed E-state index contributed by atoms with van der Waals surface area (Å²) in [6, 6.07) is 1.59. The zero-order valence-electron chi connectivity index (χ0n) is 10.7. The summed E-state index contributed by atoms with van der Waals surface area (Å²) in [4.78, 5) is 24.6. The van der Waals surface area contributed by atoms with Crippen molar-refractivity contribution in [3.63, 3.8) is 0 Å². The van der Waals surface area contributed by atoms with E-state index >= 15 is 0 Å². The molecule has 1 aromatic rings. The molecule has 1 amide bonds. The van der Waals surface area contributed by atoms with E-state index in [-0.39, 0.29) is 18.5 Å². The Bertz CT molecular complexity index is 456. The molecule has 0 aromatic carbocycles. The first-order chi connectivity index (χ1) is 8.36. The molecule has 0 aliphatic rings. The number of carboxylic acid groups (broad SMARTS) is 1. The third-order valence-corrected chi connectivity index (χ3v) is 3.31.